The third-order valence-corrected chi connectivity index (χ3v) is 4.21. The summed E-state index contributed by atoms with van der Waals surface area (Å²) < 4.78 is 0. The maximum atomic E-state index is 12.0. The molecule has 1 aliphatic heterocycles. The molecule has 9 nitrogen and oxygen atoms in total. The number of H-pyrrole nitrogens is 1. The van der Waals surface area contributed by atoms with E-state index in [-0.39, 0.29) is 23.7 Å². The number of nitrogens with one attached hydrogen (secondary N) is 3. The van der Waals surface area contributed by atoms with Crippen LogP contribution >= 0.6 is 12.4 Å². The summed E-state index contributed by atoms with van der Waals surface area (Å²) in [4.78, 5) is 12.0. The van der Waals surface area contributed by atoms with E-state index < -0.39 is 12.1 Å². The predicted molar refractivity (Wildman–Crippen MR) is 107 cm³/mol. The van der Waals surface area contributed by atoms with Crippen LogP contribution in [0.1, 0.15) is 5.56 Å². The summed E-state index contributed by atoms with van der Waals surface area (Å²) in [6.07, 6.45) is 1.04. The molecule has 0 radical (unpaired) electrons. The molecule has 1 aliphatic rings. The average molecular weight is 400 g/mol. The van der Waals surface area contributed by atoms with Crippen LogP contribution in [-0.4, -0.2) is 27.4 Å². The fraction of sp³-hybridized carbons (Fsp3) is 0.111. The van der Waals surface area contributed by atoms with Gasteiger partial charge in [0.2, 0.25) is 0 Å². The number of nitrogens with zero attached hydrogens (tertiary/aromatic N) is 3. The van der Waals surface area contributed by atoms with Crippen molar-refractivity contribution < 1.29 is 9.90 Å². The fourth-order valence-electron chi connectivity index (χ4n) is 2.83. The molecule has 3 aromatic rings. The molecule has 144 valence electrons. The Kier molecular flexibility index (Phi) is 5.46. The first-order chi connectivity index (χ1) is 13.1. The smallest absolute Gasteiger partial charge is 0.252 e. The minimum atomic E-state index is -0.672. The number of halogens is 1. The summed E-state index contributed by atoms with van der Waals surface area (Å²) >= 11 is 0. The molecule has 0 saturated heterocycles. The Morgan fingerprint density at radius 2 is 2.00 bits per heavy atom. The van der Waals surface area contributed by atoms with Crippen molar-refractivity contribution in [2.24, 2.45) is 16.0 Å². The molecular formula is C18H18ClN7O2. The number of carbonyl (C=O) groups excluding carboxylic acids is 1. The van der Waals surface area contributed by atoms with Gasteiger partial charge in [-0.05, 0) is 35.9 Å². The lowest BCUT2D eigenvalue weighted by Gasteiger charge is -2.13. The van der Waals surface area contributed by atoms with Crippen LogP contribution < -0.4 is 16.4 Å². The number of carbonyl (C=O) groups is 1. The van der Waals surface area contributed by atoms with Crippen molar-refractivity contribution in [3.05, 3.63) is 65.6 Å². The summed E-state index contributed by atoms with van der Waals surface area (Å²) in [7, 11) is 0. The van der Waals surface area contributed by atoms with Crippen LogP contribution in [0.4, 0.5) is 5.69 Å². The third-order valence-electron chi connectivity index (χ3n) is 4.21. The lowest BCUT2D eigenvalue weighted by Crippen LogP contribution is -2.29. The Morgan fingerprint density at radius 1 is 1.21 bits per heavy atom. The molecule has 1 atom stereocenters. The molecule has 1 amide bonds. The van der Waals surface area contributed by atoms with Crippen LogP contribution in [0, 0.1) is 0 Å². The van der Waals surface area contributed by atoms with Gasteiger partial charge >= 0.3 is 0 Å². The van der Waals surface area contributed by atoms with E-state index in [9.17, 15) is 9.90 Å². The van der Waals surface area contributed by atoms with Crippen LogP contribution in [0.2, 0.25) is 0 Å². The maximum absolute atomic E-state index is 12.0. The zero-order valence-corrected chi connectivity index (χ0v) is 15.4. The SMILES string of the molecule is Cl.NC(=O)C1=C(NCc2ccc(O)cc2)N=NC1Nc1ccc2[nH]ncc2c1. The molecule has 1 aromatic heterocycles. The minimum absolute atomic E-state index is 0. The van der Waals surface area contributed by atoms with Gasteiger partial charge in [-0.2, -0.15) is 10.2 Å². The number of azo groups is 1. The van der Waals surface area contributed by atoms with Crippen LogP contribution in [0.3, 0.4) is 0 Å². The number of phenols is 1. The number of aromatic amines is 1. The number of phenolic OH excluding ortho intramolecular Hbond substituents is 1. The first-order valence-corrected chi connectivity index (χ1v) is 8.26. The van der Waals surface area contributed by atoms with Gasteiger partial charge in [0.25, 0.3) is 5.91 Å². The summed E-state index contributed by atoms with van der Waals surface area (Å²) in [5.41, 5.74) is 8.42. The normalized spacial score (nSPS) is 15.5. The van der Waals surface area contributed by atoms with Gasteiger partial charge in [0, 0.05) is 17.6 Å². The van der Waals surface area contributed by atoms with Crippen molar-refractivity contribution in [1.82, 2.24) is 15.5 Å². The Hall–Kier alpha value is -3.59. The van der Waals surface area contributed by atoms with E-state index >= 15 is 0 Å². The molecule has 0 saturated carbocycles. The molecular weight excluding hydrogens is 382 g/mol. The largest absolute Gasteiger partial charge is 0.508 e. The number of hydrogen-bond acceptors (Lipinski definition) is 7. The molecule has 0 bridgehead atoms. The number of rotatable bonds is 6. The molecule has 10 heteroatoms. The van der Waals surface area contributed by atoms with Crippen molar-refractivity contribution in [3.8, 4) is 5.75 Å². The van der Waals surface area contributed by atoms with Gasteiger partial charge in [-0.3, -0.25) is 9.89 Å². The average Bonchev–Trinajstić information content (AvgIpc) is 3.27. The molecule has 6 N–H and O–H groups in total. The van der Waals surface area contributed by atoms with Crippen molar-refractivity contribution in [2.45, 2.75) is 12.7 Å². The molecule has 2 aromatic carbocycles. The highest BCUT2D eigenvalue weighted by atomic mass is 35.5. The molecule has 1 unspecified atom stereocenters. The Morgan fingerprint density at radius 3 is 2.75 bits per heavy atom. The van der Waals surface area contributed by atoms with Gasteiger partial charge in [-0.15, -0.1) is 17.5 Å². The van der Waals surface area contributed by atoms with Gasteiger partial charge in [0.15, 0.2) is 12.0 Å². The summed E-state index contributed by atoms with van der Waals surface area (Å²) in [6.45, 7) is 0.416. The number of primary amides is 1. The number of fused-ring (bicyclic) bond motifs is 1. The number of amides is 1. The number of benzene rings is 2. The number of nitrogens with two attached hydrogens (primary N) is 1. The van der Waals surface area contributed by atoms with Crippen molar-refractivity contribution >= 4 is 34.9 Å². The second-order valence-corrected chi connectivity index (χ2v) is 6.08. The van der Waals surface area contributed by atoms with E-state index in [1.807, 2.05) is 18.2 Å². The second-order valence-electron chi connectivity index (χ2n) is 6.08. The van der Waals surface area contributed by atoms with E-state index in [1.54, 1.807) is 30.5 Å². The van der Waals surface area contributed by atoms with E-state index in [0.717, 1.165) is 22.2 Å². The molecule has 2 heterocycles. The van der Waals surface area contributed by atoms with E-state index in [0.29, 0.717) is 12.4 Å². The first-order valence-electron chi connectivity index (χ1n) is 8.26. The molecule has 4 rings (SSSR count). The molecule has 0 spiro atoms. The van der Waals surface area contributed by atoms with E-state index in [4.69, 9.17) is 5.73 Å². The lowest BCUT2D eigenvalue weighted by atomic mass is 10.1. The quantitative estimate of drug-likeness (QED) is 0.432. The Bertz CT molecular complexity index is 1060. The number of aromatic nitrogens is 2. The van der Waals surface area contributed by atoms with Gasteiger partial charge in [0.1, 0.15) is 11.3 Å². The zero-order valence-electron chi connectivity index (χ0n) is 14.6. The van der Waals surface area contributed by atoms with Crippen LogP contribution in [0.25, 0.3) is 10.9 Å². The molecule has 0 aliphatic carbocycles. The molecule has 0 fully saturated rings. The van der Waals surface area contributed by atoms with Crippen LogP contribution in [0.15, 0.2) is 70.3 Å². The van der Waals surface area contributed by atoms with Crippen molar-refractivity contribution in [1.29, 1.82) is 0 Å². The lowest BCUT2D eigenvalue weighted by molar-refractivity contribution is -0.114. The van der Waals surface area contributed by atoms with E-state index in [2.05, 4.69) is 31.1 Å². The topological polar surface area (TPSA) is 141 Å². The second kappa shape index (κ2) is 7.97. The third kappa shape index (κ3) is 3.89. The van der Waals surface area contributed by atoms with Gasteiger partial charge in [-0.25, -0.2) is 0 Å². The number of aromatic hydroxyl groups is 1. The highest BCUT2D eigenvalue weighted by molar-refractivity contribution is 5.95. The molecule has 28 heavy (non-hydrogen) atoms. The highest BCUT2D eigenvalue weighted by Crippen LogP contribution is 2.24. The number of anilines is 1. The van der Waals surface area contributed by atoms with Crippen molar-refractivity contribution in [3.63, 3.8) is 0 Å². The minimum Gasteiger partial charge on any atom is -0.508 e. The standard InChI is InChI=1S/C18H17N7O2.ClH/c19-16(27)15-17(20-8-10-1-4-13(26)5-2-10)24-25-18(15)22-12-3-6-14-11(7-12)9-21-23-14;/h1-7,9,18,20,22,26H,8H2,(H2,19,27)(H,21,23);1H. The Labute approximate surface area is 166 Å². The van der Waals surface area contributed by atoms with Crippen molar-refractivity contribution in [2.75, 3.05) is 5.32 Å². The van der Waals surface area contributed by atoms with Crippen LogP contribution in [0.5, 0.6) is 5.75 Å². The fourth-order valence-corrected chi connectivity index (χ4v) is 2.83. The number of hydrogen-bond donors (Lipinski definition) is 5. The van der Waals surface area contributed by atoms with E-state index in [1.165, 1.54) is 0 Å². The predicted octanol–water partition coefficient (Wildman–Crippen LogP) is 2.38. The monoisotopic (exact) mass is 399 g/mol. The summed E-state index contributed by atoms with van der Waals surface area (Å²) in [5.74, 6) is -0.0808. The zero-order chi connectivity index (χ0) is 18.8. The van der Waals surface area contributed by atoms with Gasteiger partial charge < -0.3 is 21.5 Å². The van der Waals surface area contributed by atoms with Crippen LogP contribution in [-0.2, 0) is 11.3 Å². The summed E-state index contributed by atoms with van der Waals surface area (Å²) in [6, 6.07) is 12.4. The maximum Gasteiger partial charge on any atom is 0.252 e. The van der Waals surface area contributed by atoms with Gasteiger partial charge in [-0.1, -0.05) is 12.1 Å². The van der Waals surface area contributed by atoms with Gasteiger partial charge in [0.05, 0.1) is 11.7 Å². The highest BCUT2D eigenvalue weighted by Gasteiger charge is 2.28. The summed E-state index contributed by atoms with van der Waals surface area (Å²) in [5, 5.41) is 31.6. The first kappa shape index (κ1) is 19.2. The Balaban J connectivity index is 0.00000225.